The van der Waals surface area contributed by atoms with Crippen LogP contribution in [0.2, 0.25) is 0 Å². The zero-order valence-electron chi connectivity index (χ0n) is 13.6. The van der Waals surface area contributed by atoms with Crippen molar-refractivity contribution in [2.75, 3.05) is 11.8 Å². The summed E-state index contributed by atoms with van der Waals surface area (Å²) >= 11 is 0. The zero-order valence-corrected chi connectivity index (χ0v) is 14.4. The molecule has 0 bridgehead atoms. The minimum Gasteiger partial charge on any atom is -0.464 e. The van der Waals surface area contributed by atoms with Crippen LogP contribution in [0.4, 0.5) is 5.82 Å². The molecule has 9 nitrogen and oxygen atoms in total. The Morgan fingerprint density at radius 1 is 1.35 bits per heavy atom. The third-order valence-corrected chi connectivity index (χ3v) is 5.00. The predicted octanol–water partition coefficient (Wildman–Crippen LogP) is 0.841. The third-order valence-electron chi connectivity index (χ3n) is 3.40. The molecule has 2 heterocycles. The summed E-state index contributed by atoms with van der Waals surface area (Å²) in [6, 6.07) is 1.32. The molecule has 2 rings (SSSR count). The fraction of sp³-hybridized carbons (Fsp3) is 0.462. The van der Waals surface area contributed by atoms with E-state index in [9.17, 15) is 13.2 Å². The van der Waals surface area contributed by atoms with E-state index in [2.05, 4.69) is 19.7 Å². The number of ether oxygens (including phenoxy) is 1. The van der Waals surface area contributed by atoms with Crippen LogP contribution in [0.15, 0.2) is 11.0 Å². The number of nitrogens with one attached hydrogen (secondary N) is 1. The van der Waals surface area contributed by atoms with E-state index in [1.807, 2.05) is 6.92 Å². The molecule has 0 spiro atoms. The maximum atomic E-state index is 12.6. The first-order valence-electron chi connectivity index (χ1n) is 6.90. The van der Waals surface area contributed by atoms with Gasteiger partial charge in [-0.05, 0) is 20.8 Å². The number of anilines is 1. The number of methoxy groups -OCH3 is 1. The van der Waals surface area contributed by atoms with E-state index in [1.165, 1.54) is 24.9 Å². The van der Waals surface area contributed by atoms with Crippen molar-refractivity contribution in [1.29, 1.82) is 0 Å². The highest BCUT2D eigenvalue weighted by Crippen LogP contribution is 2.22. The summed E-state index contributed by atoms with van der Waals surface area (Å²) in [7, 11) is -1.10. The Morgan fingerprint density at radius 3 is 2.52 bits per heavy atom. The molecule has 0 aliphatic rings. The van der Waals surface area contributed by atoms with Crippen LogP contribution >= 0.6 is 0 Å². The summed E-state index contributed by atoms with van der Waals surface area (Å²) < 4.78 is 35.1. The molecule has 2 aromatic rings. The largest absolute Gasteiger partial charge is 0.464 e. The van der Waals surface area contributed by atoms with Crippen LogP contribution in [0.5, 0.6) is 0 Å². The second-order valence-electron chi connectivity index (χ2n) is 4.95. The fourth-order valence-electron chi connectivity index (χ4n) is 2.38. The van der Waals surface area contributed by atoms with Crippen LogP contribution in [-0.4, -0.2) is 41.1 Å². The summed E-state index contributed by atoms with van der Waals surface area (Å²) in [6.07, 6.45) is 0. The molecular formula is C13H19N5O4S. The lowest BCUT2D eigenvalue weighted by atomic mass is 10.4. The first kappa shape index (κ1) is 17.0. The van der Waals surface area contributed by atoms with Crippen molar-refractivity contribution in [3.05, 3.63) is 23.1 Å². The van der Waals surface area contributed by atoms with Crippen molar-refractivity contribution in [2.45, 2.75) is 32.2 Å². The first-order valence-corrected chi connectivity index (χ1v) is 8.38. The van der Waals surface area contributed by atoms with Crippen LogP contribution in [0.3, 0.4) is 0 Å². The van der Waals surface area contributed by atoms with Gasteiger partial charge in [-0.3, -0.25) is 14.1 Å². The van der Waals surface area contributed by atoms with E-state index < -0.39 is 16.0 Å². The van der Waals surface area contributed by atoms with Crippen molar-refractivity contribution in [3.63, 3.8) is 0 Å². The average molecular weight is 341 g/mol. The molecule has 0 atom stereocenters. The van der Waals surface area contributed by atoms with Gasteiger partial charge in [-0.1, -0.05) is 0 Å². The molecule has 0 aliphatic heterocycles. The number of hydrogen-bond donors (Lipinski definition) is 1. The van der Waals surface area contributed by atoms with Gasteiger partial charge in [-0.15, -0.1) is 0 Å². The average Bonchev–Trinajstić information content (AvgIpc) is 2.97. The smallest absolute Gasteiger partial charge is 0.356 e. The van der Waals surface area contributed by atoms with Crippen molar-refractivity contribution in [3.8, 4) is 0 Å². The fourth-order valence-corrected chi connectivity index (χ4v) is 3.78. The minimum atomic E-state index is -3.86. The number of rotatable bonds is 5. The van der Waals surface area contributed by atoms with Crippen molar-refractivity contribution >= 4 is 21.8 Å². The molecule has 0 saturated carbocycles. The van der Waals surface area contributed by atoms with E-state index in [0.29, 0.717) is 17.9 Å². The lowest BCUT2D eigenvalue weighted by Crippen LogP contribution is -2.15. The Bertz CT molecular complexity index is 850. The Kier molecular flexibility index (Phi) is 4.46. The number of aromatic nitrogens is 4. The van der Waals surface area contributed by atoms with Gasteiger partial charge >= 0.3 is 5.97 Å². The van der Waals surface area contributed by atoms with Crippen LogP contribution in [0.1, 0.15) is 28.8 Å². The highest BCUT2D eigenvalue weighted by atomic mass is 32.2. The number of nitrogens with zero attached hydrogens (tertiary/aromatic N) is 4. The van der Waals surface area contributed by atoms with Gasteiger partial charge in [0.05, 0.1) is 18.5 Å². The third kappa shape index (κ3) is 3.07. The van der Waals surface area contributed by atoms with Gasteiger partial charge in [0.1, 0.15) is 10.6 Å². The monoisotopic (exact) mass is 341 g/mol. The number of aryl methyl sites for hydroxylation is 3. The lowest BCUT2D eigenvalue weighted by molar-refractivity contribution is 0.0588. The molecule has 10 heteroatoms. The molecule has 1 N–H and O–H groups in total. The van der Waals surface area contributed by atoms with Crippen LogP contribution in [-0.2, 0) is 28.4 Å². The molecule has 126 valence electrons. The van der Waals surface area contributed by atoms with E-state index in [0.717, 1.165) is 0 Å². The molecule has 0 radical (unpaired) electrons. The Balaban J connectivity index is 2.40. The maximum absolute atomic E-state index is 12.6. The van der Waals surface area contributed by atoms with E-state index in [1.54, 1.807) is 18.5 Å². The Morgan fingerprint density at radius 2 is 2.00 bits per heavy atom. The van der Waals surface area contributed by atoms with Crippen molar-refractivity contribution in [1.82, 2.24) is 19.6 Å². The van der Waals surface area contributed by atoms with Crippen molar-refractivity contribution < 1.29 is 17.9 Å². The van der Waals surface area contributed by atoms with Gasteiger partial charge in [-0.25, -0.2) is 13.2 Å². The Labute approximate surface area is 134 Å². The SMILES string of the molecule is CCn1nc(C)c(S(=O)(=O)Nc2cc(C(=O)OC)n(C)n2)c1C. The molecule has 23 heavy (non-hydrogen) atoms. The molecule has 0 aliphatic carbocycles. The molecule has 0 aromatic carbocycles. The van der Waals surface area contributed by atoms with Crippen molar-refractivity contribution in [2.24, 2.45) is 7.05 Å². The standard InChI is InChI=1S/C13H19N5O4S/c1-6-18-9(3)12(8(2)14-18)23(20,21)16-11-7-10(13(19)22-5)17(4)15-11/h7H,6H2,1-5H3,(H,15,16). The van der Waals surface area contributed by atoms with Gasteiger partial charge in [0.15, 0.2) is 5.82 Å². The summed E-state index contributed by atoms with van der Waals surface area (Å²) in [5.41, 5.74) is 1.09. The second-order valence-corrected chi connectivity index (χ2v) is 6.57. The molecule has 0 unspecified atom stereocenters. The number of carbonyl (C=O) groups excluding carboxylic acids is 1. The molecule has 2 aromatic heterocycles. The normalized spacial score (nSPS) is 11.5. The summed E-state index contributed by atoms with van der Waals surface area (Å²) in [4.78, 5) is 11.7. The van der Waals surface area contributed by atoms with E-state index in [-0.39, 0.29) is 16.4 Å². The molecule has 0 fully saturated rings. The quantitative estimate of drug-likeness (QED) is 0.807. The van der Waals surface area contributed by atoms with Crippen LogP contribution < -0.4 is 4.72 Å². The van der Waals surface area contributed by atoms with Gasteiger partial charge in [0.2, 0.25) is 0 Å². The topological polar surface area (TPSA) is 108 Å². The number of sulfonamides is 1. The maximum Gasteiger partial charge on any atom is 0.356 e. The molecule has 0 amide bonds. The highest BCUT2D eigenvalue weighted by molar-refractivity contribution is 7.92. The summed E-state index contributed by atoms with van der Waals surface area (Å²) in [6.45, 7) is 5.77. The second kappa shape index (κ2) is 6.03. The number of hydrogen-bond acceptors (Lipinski definition) is 6. The molecular weight excluding hydrogens is 322 g/mol. The van der Waals surface area contributed by atoms with Crippen LogP contribution in [0.25, 0.3) is 0 Å². The van der Waals surface area contributed by atoms with Crippen LogP contribution in [0, 0.1) is 13.8 Å². The Hall–Kier alpha value is -2.36. The van der Waals surface area contributed by atoms with Gasteiger partial charge < -0.3 is 4.74 Å². The van der Waals surface area contributed by atoms with Gasteiger partial charge in [0, 0.05) is 19.7 Å². The zero-order chi connectivity index (χ0) is 17.4. The number of carbonyl (C=O) groups is 1. The van der Waals surface area contributed by atoms with E-state index >= 15 is 0 Å². The molecule has 0 saturated heterocycles. The first-order chi connectivity index (χ1) is 10.7. The summed E-state index contributed by atoms with van der Waals surface area (Å²) in [5.74, 6) is -0.562. The highest BCUT2D eigenvalue weighted by Gasteiger charge is 2.26. The number of esters is 1. The lowest BCUT2D eigenvalue weighted by Gasteiger charge is -2.06. The summed E-state index contributed by atoms with van der Waals surface area (Å²) in [5, 5.41) is 8.17. The minimum absolute atomic E-state index is 0.0379. The predicted molar refractivity (Wildman–Crippen MR) is 82.7 cm³/mol. The van der Waals surface area contributed by atoms with Gasteiger partial charge in [0.25, 0.3) is 10.0 Å². The van der Waals surface area contributed by atoms with E-state index in [4.69, 9.17) is 0 Å². The van der Waals surface area contributed by atoms with Gasteiger partial charge in [-0.2, -0.15) is 10.2 Å².